The van der Waals surface area contributed by atoms with Crippen molar-refractivity contribution in [3.8, 4) is 0 Å². The lowest BCUT2D eigenvalue weighted by Gasteiger charge is -2.18. The van der Waals surface area contributed by atoms with Gasteiger partial charge >= 0.3 is 17.9 Å². The summed E-state index contributed by atoms with van der Waals surface area (Å²) in [6.45, 7) is 6.59. The van der Waals surface area contributed by atoms with Gasteiger partial charge in [-0.05, 0) is 70.6 Å². The molecule has 0 spiro atoms. The highest BCUT2D eigenvalue weighted by molar-refractivity contribution is 5.71. The monoisotopic (exact) mass is 883 g/mol. The Bertz CT molecular complexity index is 1110. The van der Waals surface area contributed by atoms with Gasteiger partial charge in [0.05, 0.1) is 0 Å². The SMILES string of the molecule is CCCCC/C=C\C=C/CCCCCCCCCCCCC(=O)OCC(COC(=O)CCCCCCCCCCCC)OC(=O)CCCCC/C=C\C=C/CCCCCCCCC. The molecule has 1 unspecified atom stereocenters. The van der Waals surface area contributed by atoms with Gasteiger partial charge in [-0.2, -0.15) is 0 Å². The highest BCUT2D eigenvalue weighted by Crippen LogP contribution is 2.15. The molecule has 0 aromatic heterocycles. The smallest absolute Gasteiger partial charge is 0.306 e. The molecule has 0 saturated heterocycles. The molecule has 0 aliphatic rings. The van der Waals surface area contributed by atoms with Gasteiger partial charge in [-0.3, -0.25) is 14.4 Å². The van der Waals surface area contributed by atoms with E-state index in [9.17, 15) is 14.4 Å². The topological polar surface area (TPSA) is 78.9 Å². The number of hydrogen-bond acceptors (Lipinski definition) is 6. The normalized spacial score (nSPS) is 12.4. The Morgan fingerprint density at radius 3 is 0.889 bits per heavy atom. The number of hydrogen-bond donors (Lipinski definition) is 0. The molecule has 0 heterocycles. The van der Waals surface area contributed by atoms with Crippen LogP contribution >= 0.6 is 0 Å². The second-order valence-corrected chi connectivity index (χ2v) is 18.2. The highest BCUT2D eigenvalue weighted by Gasteiger charge is 2.19. The summed E-state index contributed by atoms with van der Waals surface area (Å²) in [6.07, 6.45) is 62.4. The van der Waals surface area contributed by atoms with Crippen LogP contribution in [0.4, 0.5) is 0 Å². The van der Waals surface area contributed by atoms with Gasteiger partial charge in [0.15, 0.2) is 6.10 Å². The van der Waals surface area contributed by atoms with Crippen molar-refractivity contribution in [1.29, 1.82) is 0 Å². The Hall–Kier alpha value is -2.63. The van der Waals surface area contributed by atoms with E-state index in [4.69, 9.17) is 14.2 Å². The highest BCUT2D eigenvalue weighted by atomic mass is 16.6. The van der Waals surface area contributed by atoms with Crippen molar-refractivity contribution >= 4 is 17.9 Å². The maximum Gasteiger partial charge on any atom is 0.306 e. The van der Waals surface area contributed by atoms with Gasteiger partial charge in [-0.1, -0.05) is 236 Å². The molecule has 63 heavy (non-hydrogen) atoms. The summed E-state index contributed by atoms with van der Waals surface area (Å²) in [5, 5.41) is 0. The van der Waals surface area contributed by atoms with Gasteiger partial charge in [0.25, 0.3) is 0 Å². The molecule has 366 valence electrons. The van der Waals surface area contributed by atoms with Gasteiger partial charge in [0.1, 0.15) is 13.2 Å². The number of unbranched alkanes of at least 4 members (excludes halogenated alkanes) is 32. The molecular weight excluding hydrogens is 781 g/mol. The summed E-state index contributed by atoms with van der Waals surface area (Å²) in [5.74, 6) is -0.905. The number of rotatable bonds is 49. The van der Waals surface area contributed by atoms with Crippen molar-refractivity contribution in [2.45, 2.75) is 284 Å². The second kappa shape index (κ2) is 52.0. The second-order valence-electron chi connectivity index (χ2n) is 18.2. The fourth-order valence-corrected chi connectivity index (χ4v) is 7.72. The summed E-state index contributed by atoms with van der Waals surface area (Å²) in [7, 11) is 0. The van der Waals surface area contributed by atoms with Crippen LogP contribution in [0.2, 0.25) is 0 Å². The first kappa shape index (κ1) is 60.4. The van der Waals surface area contributed by atoms with Crippen molar-refractivity contribution in [2.75, 3.05) is 13.2 Å². The molecule has 0 rings (SSSR count). The molecule has 0 saturated carbocycles. The lowest BCUT2D eigenvalue weighted by atomic mass is 10.1. The lowest BCUT2D eigenvalue weighted by molar-refractivity contribution is -0.167. The van der Waals surface area contributed by atoms with Gasteiger partial charge in [0, 0.05) is 19.3 Å². The molecule has 0 bridgehead atoms. The van der Waals surface area contributed by atoms with Gasteiger partial charge in [-0.15, -0.1) is 0 Å². The van der Waals surface area contributed by atoms with Crippen LogP contribution < -0.4 is 0 Å². The maximum atomic E-state index is 12.8. The van der Waals surface area contributed by atoms with Crippen LogP contribution in [-0.2, 0) is 28.6 Å². The molecule has 0 aliphatic heterocycles. The van der Waals surface area contributed by atoms with Crippen LogP contribution in [0.1, 0.15) is 278 Å². The maximum absolute atomic E-state index is 12.8. The quantitative estimate of drug-likeness (QED) is 0.0262. The molecule has 0 aliphatic carbocycles. The molecule has 6 heteroatoms. The zero-order valence-electron chi connectivity index (χ0n) is 41.8. The number of esters is 3. The predicted octanol–water partition coefficient (Wildman–Crippen LogP) is 17.9. The van der Waals surface area contributed by atoms with E-state index in [1.165, 1.54) is 167 Å². The van der Waals surface area contributed by atoms with Crippen LogP contribution in [0.3, 0.4) is 0 Å². The zero-order valence-corrected chi connectivity index (χ0v) is 41.8. The largest absolute Gasteiger partial charge is 0.462 e. The van der Waals surface area contributed by atoms with E-state index in [1.54, 1.807) is 0 Å². The van der Waals surface area contributed by atoms with Crippen molar-refractivity contribution < 1.29 is 28.6 Å². The van der Waals surface area contributed by atoms with E-state index >= 15 is 0 Å². The Morgan fingerprint density at radius 2 is 0.556 bits per heavy atom. The minimum atomic E-state index is -0.785. The molecule has 6 nitrogen and oxygen atoms in total. The Kier molecular flexibility index (Phi) is 49.8. The van der Waals surface area contributed by atoms with Gasteiger partial charge in [0.2, 0.25) is 0 Å². The summed E-state index contributed by atoms with van der Waals surface area (Å²) in [5.41, 5.74) is 0. The third-order valence-electron chi connectivity index (χ3n) is 11.9. The summed E-state index contributed by atoms with van der Waals surface area (Å²) in [4.78, 5) is 38.0. The van der Waals surface area contributed by atoms with Crippen molar-refractivity contribution in [3.63, 3.8) is 0 Å². The lowest BCUT2D eigenvalue weighted by Crippen LogP contribution is -2.30. The third kappa shape index (κ3) is 50.2. The van der Waals surface area contributed by atoms with Gasteiger partial charge < -0.3 is 14.2 Å². The Morgan fingerprint density at radius 1 is 0.317 bits per heavy atom. The molecule has 0 aromatic rings. The summed E-state index contributed by atoms with van der Waals surface area (Å²) in [6, 6.07) is 0. The Balaban J connectivity index is 4.35. The first-order valence-electron chi connectivity index (χ1n) is 27.2. The fraction of sp³-hybridized carbons (Fsp3) is 0.807. The van der Waals surface area contributed by atoms with Crippen LogP contribution in [-0.4, -0.2) is 37.2 Å². The van der Waals surface area contributed by atoms with Crippen molar-refractivity contribution in [2.24, 2.45) is 0 Å². The average Bonchev–Trinajstić information content (AvgIpc) is 3.28. The molecule has 0 fully saturated rings. The number of ether oxygens (including phenoxy) is 3. The molecule has 0 amide bonds. The van der Waals surface area contributed by atoms with E-state index in [1.807, 2.05) is 0 Å². The fourth-order valence-electron chi connectivity index (χ4n) is 7.72. The number of carbonyl (C=O) groups excluding carboxylic acids is 3. The van der Waals surface area contributed by atoms with Crippen molar-refractivity contribution in [3.05, 3.63) is 48.6 Å². The van der Waals surface area contributed by atoms with Crippen LogP contribution in [0, 0.1) is 0 Å². The number of allylic oxidation sites excluding steroid dienone is 8. The first-order chi connectivity index (χ1) is 31.0. The van der Waals surface area contributed by atoms with E-state index in [0.29, 0.717) is 19.3 Å². The first-order valence-corrected chi connectivity index (χ1v) is 27.2. The summed E-state index contributed by atoms with van der Waals surface area (Å²) < 4.78 is 16.8. The van der Waals surface area contributed by atoms with Gasteiger partial charge in [-0.25, -0.2) is 0 Å². The van der Waals surface area contributed by atoms with E-state index < -0.39 is 6.10 Å². The third-order valence-corrected chi connectivity index (χ3v) is 11.9. The van der Waals surface area contributed by atoms with E-state index in [-0.39, 0.29) is 31.1 Å². The Labute approximate surface area is 390 Å². The van der Waals surface area contributed by atoms with Crippen LogP contribution in [0.5, 0.6) is 0 Å². The summed E-state index contributed by atoms with van der Waals surface area (Å²) >= 11 is 0. The number of carbonyl (C=O) groups is 3. The standard InChI is InChI=1S/C57H102O6/c1-4-7-10-13-16-19-22-24-26-28-29-30-32-33-35-38-41-44-47-50-56(59)62-53-54(52-61-55(58)49-46-43-40-37-21-18-15-12-9-6-3)63-57(60)51-48-45-42-39-36-34-31-27-25-23-20-17-14-11-8-5-2/h16,19,22,24,27,31,34,36,54H,4-15,17-18,20-21,23,25-26,28-30,32-33,35,37-53H2,1-3H3/b19-16-,24-22-,31-27-,36-34-. The van der Waals surface area contributed by atoms with Crippen LogP contribution in [0.15, 0.2) is 48.6 Å². The predicted molar refractivity (Wildman–Crippen MR) is 270 cm³/mol. The minimum Gasteiger partial charge on any atom is -0.462 e. The molecule has 0 N–H and O–H groups in total. The molecule has 0 radical (unpaired) electrons. The molecular formula is C57H102O6. The molecule has 1 atom stereocenters. The average molecular weight is 883 g/mol. The zero-order chi connectivity index (χ0) is 45.8. The minimum absolute atomic E-state index is 0.0826. The van der Waals surface area contributed by atoms with Crippen molar-refractivity contribution in [1.82, 2.24) is 0 Å². The molecule has 0 aromatic carbocycles. The van der Waals surface area contributed by atoms with E-state index in [2.05, 4.69) is 69.4 Å². The van der Waals surface area contributed by atoms with E-state index in [0.717, 1.165) is 70.6 Å². The van der Waals surface area contributed by atoms with Crippen LogP contribution in [0.25, 0.3) is 0 Å².